The van der Waals surface area contributed by atoms with E-state index in [0.717, 1.165) is 0 Å². The molecule has 98 valence electrons. The summed E-state index contributed by atoms with van der Waals surface area (Å²) in [7, 11) is 1.30. The topological polar surface area (TPSA) is 55.4 Å². The summed E-state index contributed by atoms with van der Waals surface area (Å²) in [6.45, 7) is 0.295. The zero-order valence-electron chi connectivity index (χ0n) is 9.83. The third-order valence-corrected chi connectivity index (χ3v) is 2.74. The van der Waals surface area contributed by atoms with Gasteiger partial charge in [-0.2, -0.15) is 0 Å². The minimum Gasteiger partial charge on any atom is -0.469 e. The maximum absolute atomic E-state index is 13.4. The Morgan fingerprint density at radius 3 is 2.78 bits per heavy atom. The van der Waals surface area contributed by atoms with Gasteiger partial charge >= 0.3 is 5.97 Å². The molecular formula is C12H13BrFNO3. The van der Waals surface area contributed by atoms with Gasteiger partial charge in [-0.3, -0.25) is 9.59 Å². The number of halogens is 2. The molecule has 0 aliphatic heterocycles. The van der Waals surface area contributed by atoms with Crippen LogP contribution >= 0.6 is 15.9 Å². The van der Waals surface area contributed by atoms with Gasteiger partial charge in [0, 0.05) is 17.4 Å². The predicted molar refractivity (Wildman–Crippen MR) is 67.7 cm³/mol. The van der Waals surface area contributed by atoms with Gasteiger partial charge in [-0.05, 0) is 24.6 Å². The second kappa shape index (κ2) is 7.10. The van der Waals surface area contributed by atoms with Gasteiger partial charge in [-0.25, -0.2) is 4.39 Å². The lowest BCUT2D eigenvalue weighted by molar-refractivity contribution is -0.140. The molecule has 0 aliphatic rings. The summed E-state index contributed by atoms with van der Waals surface area (Å²) in [6.07, 6.45) is 0.677. The van der Waals surface area contributed by atoms with Gasteiger partial charge in [0.1, 0.15) is 5.82 Å². The first kappa shape index (κ1) is 14.6. The molecule has 1 aromatic carbocycles. The van der Waals surface area contributed by atoms with Crippen molar-refractivity contribution in [2.24, 2.45) is 0 Å². The van der Waals surface area contributed by atoms with Crippen molar-refractivity contribution < 1.29 is 18.7 Å². The van der Waals surface area contributed by atoms with Crippen molar-refractivity contribution >= 4 is 27.8 Å². The van der Waals surface area contributed by atoms with Crippen LogP contribution in [-0.2, 0) is 9.53 Å². The van der Waals surface area contributed by atoms with E-state index in [4.69, 9.17) is 0 Å². The van der Waals surface area contributed by atoms with E-state index in [9.17, 15) is 14.0 Å². The highest BCUT2D eigenvalue weighted by Gasteiger charge is 2.11. The van der Waals surface area contributed by atoms with Crippen molar-refractivity contribution in [3.8, 4) is 0 Å². The Kier molecular flexibility index (Phi) is 5.77. The lowest BCUT2D eigenvalue weighted by Gasteiger charge is -2.06. The van der Waals surface area contributed by atoms with Gasteiger partial charge < -0.3 is 10.1 Å². The fourth-order valence-corrected chi connectivity index (χ4v) is 1.64. The number of hydrogen-bond acceptors (Lipinski definition) is 3. The molecule has 0 fully saturated rings. The maximum atomic E-state index is 13.4. The van der Waals surface area contributed by atoms with E-state index in [1.807, 2.05) is 0 Å². The van der Waals surface area contributed by atoms with Crippen LogP contribution in [0.3, 0.4) is 0 Å². The molecule has 18 heavy (non-hydrogen) atoms. The molecule has 0 aliphatic carbocycles. The monoisotopic (exact) mass is 317 g/mol. The standard InChI is InChI=1S/C12H13BrFNO3/c1-18-11(16)3-2-6-15-12(17)9-5-4-8(13)7-10(9)14/h4-5,7H,2-3,6H2,1H3,(H,15,17). The van der Waals surface area contributed by atoms with Crippen LogP contribution in [0.5, 0.6) is 0 Å². The summed E-state index contributed by atoms with van der Waals surface area (Å²) in [4.78, 5) is 22.4. The molecule has 1 amide bonds. The number of carbonyl (C=O) groups excluding carboxylic acids is 2. The highest BCUT2D eigenvalue weighted by molar-refractivity contribution is 9.10. The molecule has 4 nitrogen and oxygen atoms in total. The van der Waals surface area contributed by atoms with Gasteiger partial charge in [-0.1, -0.05) is 15.9 Å². The number of rotatable bonds is 5. The average Bonchev–Trinajstić information content (AvgIpc) is 2.34. The van der Waals surface area contributed by atoms with E-state index in [1.54, 1.807) is 6.07 Å². The zero-order valence-corrected chi connectivity index (χ0v) is 11.4. The molecule has 0 unspecified atom stereocenters. The first-order valence-electron chi connectivity index (χ1n) is 5.34. The molecule has 1 rings (SSSR count). The molecular weight excluding hydrogens is 305 g/mol. The molecule has 0 atom stereocenters. The van der Waals surface area contributed by atoms with Gasteiger partial charge in [0.05, 0.1) is 12.7 Å². The third kappa shape index (κ3) is 4.44. The lowest BCUT2D eigenvalue weighted by Crippen LogP contribution is -2.25. The quantitative estimate of drug-likeness (QED) is 0.669. The number of benzene rings is 1. The van der Waals surface area contributed by atoms with Crippen molar-refractivity contribution in [2.45, 2.75) is 12.8 Å². The smallest absolute Gasteiger partial charge is 0.305 e. The summed E-state index contributed by atoms with van der Waals surface area (Å²) < 4.78 is 18.5. The van der Waals surface area contributed by atoms with Crippen molar-refractivity contribution in [1.29, 1.82) is 0 Å². The summed E-state index contributed by atoms with van der Waals surface area (Å²) in [6, 6.07) is 4.21. The lowest BCUT2D eigenvalue weighted by atomic mass is 10.2. The van der Waals surface area contributed by atoms with Crippen molar-refractivity contribution in [3.63, 3.8) is 0 Å². The molecule has 0 spiro atoms. The van der Waals surface area contributed by atoms with Gasteiger partial charge in [0.2, 0.25) is 0 Å². The second-order valence-electron chi connectivity index (χ2n) is 3.56. The molecule has 0 heterocycles. The van der Waals surface area contributed by atoms with Crippen molar-refractivity contribution in [2.75, 3.05) is 13.7 Å². The minimum atomic E-state index is -0.588. The fourth-order valence-electron chi connectivity index (χ4n) is 1.31. The third-order valence-electron chi connectivity index (χ3n) is 2.25. The SMILES string of the molecule is COC(=O)CCCNC(=O)c1ccc(Br)cc1F. The maximum Gasteiger partial charge on any atom is 0.305 e. The Morgan fingerprint density at radius 2 is 2.17 bits per heavy atom. The Hall–Kier alpha value is -1.43. The Balaban J connectivity index is 2.43. The van der Waals surface area contributed by atoms with E-state index in [-0.39, 0.29) is 18.0 Å². The van der Waals surface area contributed by atoms with Gasteiger partial charge in [0.15, 0.2) is 0 Å². The number of nitrogens with one attached hydrogen (secondary N) is 1. The summed E-state index contributed by atoms with van der Waals surface area (Å²) in [5.41, 5.74) is -0.0173. The van der Waals surface area contributed by atoms with Gasteiger partial charge in [0.25, 0.3) is 5.91 Å². The zero-order chi connectivity index (χ0) is 13.5. The van der Waals surface area contributed by atoms with Crippen LogP contribution in [-0.4, -0.2) is 25.5 Å². The molecule has 0 radical (unpaired) electrons. The van der Waals surface area contributed by atoms with E-state index >= 15 is 0 Å². The van der Waals surface area contributed by atoms with Crippen LogP contribution < -0.4 is 5.32 Å². The highest BCUT2D eigenvalue weighted by atomic mass is 79.9. The van der Waals surface area contributed by atoms with Crippen LogP contribution in [0.2, 0.25) is 0 Å². The molecule has 1 aromatic rings. The van der Waals surface area contributed by atoms with Crippen LogP contribution in [0.15, 0.2) is 22.7 Å². The predicted octanol–water partition coefficient (Wildman–Crippen LogP) is 2.27. The number of ether oxygens (including phenoxy) is 1. The number of amides is 1. The number of esters is 1. The van der Waals surface area contributed by atoms with Crippen LogP contribution in [0, 0.1) is 5.82 Å². The Labute approximate surface area is 113 Å². The van der Waals surface area contributed by atoms with Crippen LogP contribution in [0.25, 0.3) is 0 Å². The molecule has 0 bridgehead atoms. The average molecular weight is 318 g/mol. The first-order valence-corrected chi connectivity index (χ1v) is 6.14. The number of hydrogen-bond donors (Lipinski definition) is 1. The second-order valence-corrected chi connectivity index (χ2v) is 4.48. The minimum absolute atomic E-state index is 0.0173. The molecule has 0 aromatic heterocycles. The largest absolute Gasteiger partial charge is 0.469 e. The van der Waals surface area contributed by atoms with E-state index in [2.05, 4.69) is 26.0 Å². The molecule has 6 heteroatoms. The number of methoxy groups -OCH3 is 1. The van der Waals surface area contributed by atoms with Crippen molar-refractivity contribution in [3.05, 3.63) is 34.1 Å². The van der Waals surface area contributed by atoms with Crippen LogP contribution in [0.1, 0.15) is 23.2 Å². The van der Waals surface area contributed by atoms with Gasteiger partial charge in [-0.15, -0.1) is 0 Å². The van der Waals surface area contributed by atoms with Crippen molar-refractivity contribution in [1.82, 2.24) is 5.32 Å². The Morgan fingerprint density at radius 1 is 1.44 bits per heavy atom. The fraction of sp³-hybridized carbons (Fsp3) is 0.333. The summed E-state index contributed by atoms with van der Waals surface area (Å²) in [5, 5.41) is 2.54. The summed E-state index contributed by atoms with van der Waals surface area (Å²) in [5.74, 6) is -1.42. The molecule has 0 saturated carbocycles. The Bertz CT molecular complexity index is 451. The molecule has 0 saturated heterocycles. The normalized spacial score (nSPS) is 9.94. The molecule has 1 N–H and O–H groups in total. The van der Waals surface area contributed by atoms with E-state index in [0.29, 0.717) is 17.4 Å². The number of carbonyl (C=O) groups is 2. The van der Waals surface area contributed by atoms with E-state index in [1.165, 1.54) is 19.2 Å². The van der Waals surface area contributed by atoms with Crippen LogP contribution in [0.4, 0.5) is 4.39 Å². The first-order chi connectivity index (χ1) is 8.54. The summed E-state index contributed by atoms with van der Waals surface area (Å²) >= 11 is 3.11. The highest BCUT2D eigenvalue weighted by Crippen LogP contribution is 2.15. The van der Waals surface area contributed by atoms with E-state index < -0.39 is 11.7 Å².